The Bertz CT molecular complexity index is 1040. The van der Waals surface area contributed by atoms with E-state index in [0.717, 1.165) is 38.4 Å². The first-order valence-electron chi connectivity index (χ1n) is 10.1. The summed E-state index contributed by atoms with van der Waals surface area (Å²) in [6.45, 7) is 9.22. The molecule has 0 atom stereocenters. The Labute approximate surface area is 175 Å². The summed E-state index contributed by atoms with van der Waals surface area (Å²) >= 11 is 0. The van der Waals surface area contributed by atoms with Crippen LogP contribution in [0, 0.1) is 5.82 Å². The van der Waals surface area contributed by atoms with Crippen molar-refractivity contribution in [1.82, 2.24) is 25.2 Å². The number of nitrogens with two attached hydrogens (primary N) is 1. The van der Waals surface area contributed by atoms with Crippen molar-refractivity contribution < 1.29 is 9.13 Å². The van der Waals surface area contributed by atoms with Crippen LogP contribution in [0.1, 0.15) is 19.4 Å². The van der Waals surface area contributed by atoms with Crippen LogP contribution in [-0.2, 0) is 11.3 Å². The first-order valence-corrected chi connectivity index (χ1v) is 10.1. The zero-order valence-corrected chi connectivity index (χ0v) is 17.4. The molecule has 7 nitrogen and oxygen atoms in total. The molecule has 1 fully saturated rings. The van der Waals surface area contributed by atoms with Crippen molar-refractivity contribution in [2.75, 3.05) is 38.6 Å². The summed E-state index contributed by atoms with van der Waals surface area (Å²) in [6, 6.07) is 8.64. The van der Waals surface area contributed by atoms with E-state index in [-0.39, 0.29) is 11.4 Å². The average Bonchev–Trinajstić information content (AvgIpc) is 2.72. The Morgan fingerprint density at radius 1 is 1.17 bits per heavy atom. The van der Waals surface area contributed by atoms with Gasteiger partial charge in [0.05, 0.1) is 24.4 Å². The van der Waals surface area contributed by atoms with Crippen LogP contribution in [-0.4, -0.2) is 58.2 Å². The maximum atomic E-state index is 14.4. The fraction of sp³-hybridized carbons (Fsp3) is 0.409. The molecule has 1 aliphatic rings. The summed E-state index contributed by atoms with van der Waals surface area (Å²) in [7, 11) is 0. The molecule has 0 radical (unpaired) electrons. The first kappa shape index (κ1) is 20.6. The van der Waals surface area contributed by atoms with E-state index in [1.807, 2.05) is 18.2 Å². The number of aromatic nitrogens is 3. The predicted octanol–water partition coefficient (Wildman–Crippen LogP) is 2.61. The van der Waals surface area contributed by atoms with Gasteiger partial charge in [-0.05, 0) is 49.7 Å². The van der Waals surface area contributed by atoms with E-state index in [0.29, 0.717) is 34.7 Å². The Hall–Kier alpha value is -2.68. The molecule has 0 saturated carbocycles. The first-order chi connectivity index (χ1) is 14.4. The second-order valence-corrected chi connectivity index (χ2v) is 8.30. The molecule has 0 aliphatic carbocycles. The molecule has 0 amide bonds. The molecule has 0 spiro atoms. The maximum absolute atomic E-state index is 14.4. The molecular formula is C22H27FN6O. The monoisotopic (exact) mass is 410 g/mol. The third-order valence-electron chi connectivity index (χ3n) is 5.26. The highest BCUT2D eigenvalue weighted by atomic mass is 19.1. The van der Waals surface area contributed by atoms with Gasteiger partial charge < -0.3 is 15.8 Å². The molecule has 4 rings (SSSR count). The van der Waals surface area contributed by atoms with E-state index in [4.69, 9.17) is 10.5 Å². The van der Waals surface area contributed by atoms with Crippen LogP contribution in [0.25, 0.3) is 22.3 Å². The second kappa shape index (κ2) is 8.59. The quantitative estimate of drug-likeness (QED) is 0.646. The summed E-state index contributed by atoms with van der Waals surface area (Å²) < 4.78 is 19.8. The van der Waals surface area contributed by atoms with E-state index in [9.17, 15) is 4.39 Å². The van der Waals surface area contributed by atoms with Crippen LogP contribution in [0.3, 0.4) is 0 Å². The van der Waals surface area contributed by atoms with Crippen molar-refractivity contribution in [3.63, 3.8) is 0 Å². The molecule has 3 N–H and O–H groups in total. The summed E-state index contributed by atoms with van der Waals surface area (Å²) in [5.74, 6) is 0.0134. The number of anilines is 1. The van der Waals surface area contributed by atoms with Gasteiger partial charge in [0, 0.05) is 37.3 Å². The number of nitrogens with one attached hydrogen (secondary N) is 1. The lowest BCUT2D eigenvalue weighted by molar-refractivity contribution is 0.0269. The van der Waals surface area contributed by atoms with Crippen LogP contribution in [0.15, 0.2) is 36.7 Å². The molecule has 3 aromatic rings. The van der Waals surface area contributed by atoms with Crippen molar-refractivity contribution in [3.05, 3.63) is 48.0 Å². The number of nitrogens with zero attached hydrogens (tertiary/aromatic N) is 4. The predicted molar refractivity (Wildman–Crippen MR) is 115 cm³/mol. The second-order valence-electron chi connectivity index (χ2n) is 8.30. The highest BCUT2D eigenvalue weighted by Gasteiger charge is 2.22. The Morgan fingerprint density at radius 3 is 2.77 bits per heavy atom. The Kier molecular flexibility index (Phi) is 5.90. The zero-order valence-electron chi connectivity index (χ0n) is 17.4. The molecule has 3 heterocycles. The van der Waals surface area contributed by atoms with E-state index < -0.39 is 0 Å². The molecule has 1 saturated heterocycles. The lowest BCUT2D eigenvalue weighted by Gasteiger charge is -2.35. The number of halogens is 1. The van der Waals surface area contributed by atoms with Crippen LogP contribution >= 0.6 is 0 Å². The Balaban J connectivity index is 1.51. The van der Waals surface area contributed by atoms with Gasteiger partial charge in [-0.1, -0.05) is 0 Å². The molecule has 1 aromatic carbocycles. The number of nitrogen functional groups attached to an aromatic ring is 1. The number of morpholine rings is 1. The number of ether oxygens (including phenoxy) is 1. The minimum Gasteiger partial charge on any atom is -0.382 e. The van der Waals surface area contributed by atoms with E-state index in [1.165, 1.54) is 12.4 Å². The molecule has 30 heavy (non-hydrogen) atoms. The highest BCUT2D eigenvalue weighted by Crippen LogP contribution is 2.24. The summed E-state index contributed by atoms with van der Waals surface area (Å²) in [5.41, 5.74) is 9.19. The summed E-state index contributed by atoms with van der Waals surface area (Å²) in [4.78, 5) is 15.1. The summed E-state index contributed by atoms with van der Waals surface area (Å²) in [6.07, 6.45) is 1.41. The van der Waals surface area contributed by atoms with Gasteiger partial charge in [0.2, 0.25) is 0 Å². The molecular weight excluding hydrogens is 383 g/mol. The lowest BCUT2D eigenvalue weighted by atomic mass is 10.0. The van der Waals surface area contributed by atoms with Gasteiger partial charge in [0.1, 0.15) is 17.7 Å². The number of hydrogen-bond donors (Lipinski definition) is 2. The minimum atomic E-state index is -0.297. The fourth-order valence-electron chi connectivity index (χ4n) is 3.74. The fourth-order valence-corrected chi connectivity index (χ4v) is 3.74. The van der Waals surface area contributed by atoms with Crippen molar-refractivity contribution in [2.45, 2.75) is 25.9 Å². The molecule has 8 heteroatoms. The van der Waals surface area contributed by atoms with Gasteiger partial charge >= 0.3 is 0 Å². The molecule has 1 aliphatic heterocycles. The number of benzene rings is 1. The van der Waals surface area contributed by atoms with Gasteiger partial charge in [0.25, 0.3) is 0 Å². The van der Waals surface area contributed by atoms with Crippen molar-refractivity contribution in [1.29, 1.82) is 0 Å². The number of hydrogen-bond acceptors (Lipinski definition) is 7. The average molecular weight is 410 g/mol. The van der Waals surface area contributed by atoms with Gasteiger partial charge in [-0.15, -0.1) is 0 Å². The minimum absolute atomic E-state index is 0.114. The smallest absolute Gasteiger partial charge is 0.153 e. The SMILES string of the molecule is CC(C)(CN1CCOCC1)NCc1cc(F)cc(-c2ccc3ncnc(N)c3n2)c1. The van der Waals surface area contributed by atoms with Crippen LogP contribution in [0.2, 0.25) is 0 Å². The lowest BCUT2D eigenvalue weighted by Crippen LogP contribution is -2.51. The third-order valence-corrected chi connectivity index (χ3v) is 5.26. The van der Waals surface area contributed by atoms with E-state index >= 15 is 0 Å². The summed E-state index contributed by atoms with van der Waals surface area (Å²) in [5, 5.41) is 3.56. The van der Waals surface area contributed by atoms with Crippen molar-refractivity contribution >= 4 is 16.9 Å². The van der Waals surface area contributed by atoms with Gasteiger partial charge in [-0.2, -0.15) is 0 Å². The van der Waals surface area contributed by atoms with Crippen LogP contribution in [0.5, 0.6) is 0 Å². The van der Waals surface area contributed by atoms with Gasteiger partial charge in [-0.3, -0.25) is 4.90 Å². The van der Waals surface area contributed by atoms with E-state index in [1.54, 1.807) is 6.07 Å². The highest BCUT2D eigenvalue weighted by molar-refractivity contribution is 5.85. The van der Waals surface area contributed by atoms with Crippen LogP contribution < -0.4 is 11.1 Å². The van der Waals surface area contributed by atoms with Crippen molar-refractivity contribution in [3.8, 4) is 11.3 Å². The largest absolute Gasteiger partial charge is 0.382 e. The van der Waals surface area contributed by atoms with Crippen molar-refractivity contribution in [2.24, 2.45) is 0 Å². The van der Waals surface area contributed by atoms with E-state index in [2.05, 4.69) is 39.0 Å². The third kappa shape index (κ3) is 4.89. The topological polar surface area (TPSA) is 89.2 Å². The van der Waals surface area contributed by atoms with Gasteiger partial charge in [-0.25, -0.2) is 19.3 Å². The molecule has 2 aromatic heterocycles. The zero-order chi connectivity index (χ0) is 21.1. The van der Waals surface area contributed by atoms with Gasteiger partial charge in [0.15, 0.2) is 5.82 Å². The maximum Gasteiger partial charge on any atom is 0.153 e. The Morgan fingerprint density at radius 2 is 1.97 bits per heavy atom. The number of rotatable bonds is 6. The molecule has 0 bridgehead atoms. The number of pyridine rings is 1. The van der Waals surface area contributed by atoms with Crippen LogP contribution in [0.4, 0.5) is 10.2 Å². The molecule has 158 valence electrons. The number of fused-ring (bicyclic) bond motifs is 1. The normalized spacial score (nSPS) is 15.6. The molecule has 0 unspecified atom stereocenters. The standard InChI is InChI=1S/C22H27FN6O/c1-22(2,13-29-5-7-30-8-6-29)27-12-15-9-16(11-17(23)10-15)18-3-4-19-20(28-18)21(24)26-14-25-19/h3-4,9-11,14,27H,5-8,12-13H2,1-2H3,(H2,24,25,26).